The Morgan fingerprint density at radius 2 is 1.33 bits per heavy atom. The normalized spacial score (nSPS) is 13.0. The number of benzene rings is 2. The molecule has 0 bridgehead atoms. The van der Waals surface area contributed by atoms with E-state index in [1.165, 1.54) is 133 Å². The van der Waals surface area contributed by atoms with E-state index >= 15 is 0 Å². The van der Waals surface area contributed by atoms with Crippen LogP contribution in [-0.2, 0) is 14.8 Å². The minimum atomic E-state index is -3.38. The van der Waals surface area contributed by atoms with Crippen LogP contribution in [0, 0.1) is 24.7 Å². The van der Waals surface area contributed by atoms with Gasteiger partial charge in [0.15, 0.2) is 5.82 Å². The molecule has 7 N–H and O–H groups in total. The highest BCUT2D eigenvalue weighted by Gasteiger charge is 2.16. The van der Waals surface area contributed by atoms with Crippen molar-refractivity contribution in [2.75, 3.05) is 41.6 Å². The Hall–Kier alpha value is -4.26. The third-order valence-electron chi connectivity index (χ3n) is 13.0. The van der Waals surface area contributed by atoms with E-state index < -0.39 is 10.0 Å². The average Bonchev–Trinajstić information content (AvgIpc) is 4.01. The lowest BCUT2D eigenvalue weighted by Crippen LogP contribution is -2.44. The maximum atomic E-state index is 12.7. The lowest BCUT2D eigenvalue weighted by molar-refractivity contribution is 0.0895. The molecule has 412 valence electrons. The van der Waals surface area contributed by atoms with Crippen molar-refractivity contribution in [2.24, 2.45) is 17.8 Å². The highest BCUT2D eigenvalue weighted by molar-refractivity contribution is 7.92. The molecular formula is C55H94N10O5S3. The number of hydrazine groups is 2. The summed E-state index contributed by atoms with van der Waals surface area (Å²) in [6, 6.07) is 12.6. The van der Waals surface area contributed by atoms with Gasteiger partial charge in [-0.3, -0.25) is 21.0 Å². The Morgan fingerprint density at radius 3 is 2.04 bits per heavy atom. The van der Waals surface area contributed by atoms with E-state index in [1.807, 2.05) is 19.1 Å². The van der Waals surface area contributed by atoms with Gasteiger partial charge >= 0.3 is 12.1 Å². The lowest BCUT2D eigenvalue weighted by Gasteiger charge is -2.21. The largest absolute Gasteiger partial charge is 0.381 e. The number of hydrogen-bond acceptors (Lipinski definition) is 12. The molecule has 4 atom stereocenters. The number of unbranched alkanes of at least 4 members (excludes halogenated alkanes) is 9. The summed E-state index contributed by atoms with van der Waals surface area (Å²) in [5.41, 5.74) is 14.4. The van der Waals surface area contributed by atoms with E-state index in [0.717, 1.165) is 78.3 Å². The summed E-state index contributed by atoms with van der Waals surface area (Å²) >= 11 is 2.46. The summed E-state index contributed by atoms with van der Waals surface area (Å²) in [5.74, 6) is 2.54. The van der Waals surface area contributed by atoms with Gasteiger partial charge in [0.25, 0.3) is 0 Å². The average molecular weight is 1070 g/mol. The fourth-order valence-electron chi connectivity index (χ4n) is 8.90. The number of urea groups is 2. The lowest BCUT2D eigenvalue weighted by atomic mass is 9.93. The molecule has 18 heteroatoms. The molecule has 0 aliphatic carbocycles. The number of fused-ring (bicyclic) bond motifs is 1. The third kappa shape index (κ3) is 28.8. The first-order valence-electron chi connectivity index (χ1n) is 27.7. The smallest absolute Gasteiger partial charge is 0.333 e. The molecule has 15 nitrogen and oxygen atoms in total. The van der Waals surface area contributed by atoms with Crippen molar-refractivity contribution in [3.05, 3.63) is 48.0 Å². The van der Waals surface area contributed by atoms with Gasteiger partial charge in [-0.2, -0.15) is 13.7 Å². The van der Waals surface area contributed by atoms with Crippen LogP contribution in [0.25, 0.3) is 22.3 Å². The van der Waals surface area contributed by atoms with Crippen molar-refractivity contribution in [3.63, 3.8) is 0 Å². The van der Waals surface area contributed by atoms with Crippen molar-refractivity contribution in [3.8, 4) is 11.4 Å². The van der Waals surface area contributed by atoms with Crippen LogP contribution in [0.2, 0.25) is 0 Å². The number of hydrogen-bond donors (Lipinski definition) is 7. The molecule has 4 aromatic rings. The molecule has 0 saturated carbocycles. The van der Waals surface area contributed by atoms with Crippen LogP contribution in [0.15, 0.2) is 42.5 Å². The van der Waals surface area contributed by atoms with Crippen molar-refractivity contribution in [2.45, 2.75) is 202 Å². The molecule has 2 aromatic heterocycles. The van der Waals surface area contributed by atoms with Crippen molar-refractivity contribution >= 4 is 71.9 Å². The van der Waals surface area contributed by atoms with E-state index in [9.17, 15) is 18.0 Å². The zero-order valence-corrected chi connectivity index (χ0v) is 48.3. The molecule has 0 aliphatic heterocycles. The molecule has 0 fully saturated rings. The van der Waals surface area contributed by atoms with E-state index in [0.29, 0.717) is 47.2 Å². The number of aromatic nitrogens is 3. The summed E-state index contributed by atoms with van der Waals surface area (Å²) < 4.78 is 40.2. The minimum Gasteiger partial charge on any atom is -0.381 e. The van der Waals surface area contributed by atoms with Gasteiger partial charge in [0.2, 0.25) is 15.2 Å². The van der Waals surface area contributed by atoms with E-state index in [1.54, 1.807) is 24.3 Å². The highest BCUT2D eigenvalue weighted by atomic mass is 32.2. The Morgan fingerprint density at radius 1 is 0.671 bits per heavy atom. The molecular weight excluding hydrogens is 977 g/mol. The molecule has 73 heavy (non-hydrogen) atoms. The van der Waals surface area contributed by atoms with Gasteiger partial charge in [0.1, 0.15) is 5.00 Å². The molecule has 2 aromatic carbocycles. The standard InChI is InChI=1S/C28H48N4O2S.C27H46N6O3S2/c1-4-6-8-10-11-13-16-24(15-12-9-7-5-2)22-34-20-14-19-29-28(33)31-30-27-25-21-23(3)17-18-26(25)32-35-27;1-6-11-20(3)13-8-9-15-23(18-17-21(4)12-7-2)28-26(34)30-31-27-29-25(32-37-27)22-14-10-16-24(19-22)33-38(5,35)36/h17-18,21,24,30H,4-16,19-20,22H2,1-3H3,(H2,29,31,33);10,14,16,19-21,23,33H,6-9,11-13,15,17-18H2,1-5H3,(H2,28,30,34)(H,29,31,32). The van der Waals surface area contributed by atoms with Gasteiger partial charge < -0.3 is 15.4 Å². The first-order chi connectivity index (χ1) is 35.2. The second kappa shape index (κ2) is 37.5. The third-order valence-corrected chi connectivity index (χ3v) is 15.0. The number of ether oxygens (including phenoxy) is 1. The summed E-state index contributed by atoms with van der Waals surface area (Å²) in [6.45, 7) is 17.8. The molecule has 0 aliphatic rings. The first-order valence-corrected chi connectivity index (χ1v) is 31.1. The Bertz CT molecular complexity index is 2210. The zero-order chi connectivity index (χ0) is 53.1. The number of amides is 4. The molecule has 4 amide bonds. The topological polar surface area (TPSA) is 200 Å². The van der Waals surface area contributed by atoms with Gasteiger partial charge in [0.05, 0.1) is 11.8 Å². The fourth-order valence-corrected chi connectivity index (χ4v) is 10.7. The number of nitrogens with one attached hydrogen (secondary N) is 7. The maximum absolute atomic E-state index is 12.7. The van der Waals surface area contributed by atoms with Crippen LogP contribution < -0.4 is 37.1 Å². The number of nitrogens with zero attached hydrogens (tertiary/aromatic N) is 3. The summed E-state index contributed by atoms with van der Waals surface area (Å²) in [4.78, 5) is 29.2. The Labute approximate surface area is 448 Å². The van der Waals surface area contributed by atoms with E-state index in [4.69, 9.17) is 4.74 Å². The number of aryl methyl sites for hydroxylation is 1. The number of carbonyl (C=O) groups excluding carboxylic acids is 2. The van der Waals surface area contributed by atoms with Gasteiger partial charge in [-0.1, -0.05) is 174 Å². The zero-order valence-electron chi connectivity index (χ0n) is 45.8. The van der Waals surface area contributed by atoms with E-state index in [-0.39, 0.29) is 18.1 Å². The van der Waals surface area contributed by atoms with Crippen LogP contribution in [-0.4, -0.2) is 66.3 Å². The molecule has 2 heterocycles. The molecule has 0 saturated heterocycles. The predicted octanol–water partition coefficient (Wildman–Crippen LogP) is 14.8. The van der Waals surface area contributed by atoms with Crippen LogP contribution in [0.4, 0.5) is 25.4 Å². The summed E-state index contributed by atoms with van der Waals surface area (Å²) in [6.07, 6.45) is 29.4. The number of carbonyl (C=O) groups is 2. The Balaban J connectivity index is 0.000000387. The van der Waals surface area contributed by atoms with Crippen molar-refractivity contribution < 1.29 is 22.7 Å². The van der Waals surface area contributed by atoms with Gasteiger partial charge in [0, 0.05) is 54.0 Å². The van der Waals surface area contributed by atoms with Crippen LogP contribution in [0.3, 0.4) is 0 Å². The van der Waals surface area contributed by atoms with Crippen molar-refractivity contribution in [1.82, 2.24) is 35.2 Å². The van der Waals surface area contributed by atoms with Crippen LogP contribution in [0.1, 0.15) is 195 Å². The summed E-state index contributed by atoms with van der Waals surface area (Å²) in [7, 11) is -3.38. The fraction of sp³-hybridized carbons (Fsp3) is 0.691. The molecule has 4 rings (SSSR count). The summed E-state index contributed by atoms with van der Waals surface area (Å²) in [5, 5.41) is 8.34. The second-order valence-corrected chi connectivity index (χ2v) is 23.5. The highest BCUT2D eigenvalue weighted by Crippen LogP contribution is 2.28. The quantitative estimate of drug-likeness (QED) is 0.0167. The van der Waals surface area contributed by atoms with Gasteiger partial charge in [-0.05, 0) is 99.0 Å². The Kier molecular flexibility index (Phi) is 32.4. The van der Waals surface area contributed by atoms with Crippen LogP contribution >= 0.6 is 23.1 Å². The SMILES string of the molecule is CCCC(C)CCCCC(CCC(C)CCC)NC(=O)NNc1nc(-c2cccc(NS(C)(=O)=O)c2)ns1.CCCCCCCCC(CCCCCC)COCCCNC(=O)NNc1snc2ccc(C)cc12. The van der Waals surface area contributed by atoms with E-state index in [2.05, 4.69) is 98.4 Å². The van der Waals surface area contributed by atoms with Crippen LogP contribution in [0.5, 0.6) is 0 Å². The minimum absolute atomic E-state index is 0.132. The van der Waals surface area contributed by atoms with Gasteiger partial charge in [-0.25, -0.2) is 23.4 Å². The first kappa shape index (κ1) is 63.0. The molecule has 0 spiro atoms. The molecule has 0 radical (unpaired) electrons. The van der Waals surface area contributed by atoms with Gasteiger partial charge in [-0.15, -0.1) is 0 Å². The second-order valence-electron chi connectivity index (χ2n) is 20.2. The monoisotopic (exact) mass is 1070 g/mol. The van der Waals surface area contributed by atoms with Crippen molar-refractivity contribution in [1.29, 1.82) is 0 Å². The number of rotatable bonds is 38. The maximum Gasteiger partial charge on any atom is 0.333 e. The molecule has 4 unspecified atom stereocenters. The predicted molar refractivity (Wildman–Crippen MR) is 309 cm³/mol. The number of anilines is 3. The number of sulfonamides is 1.